The zero-order valence-electron chi connectivity index (χ0n) is 25.3. The SMILES string of the molecule is CC1(C)c2ccccc2-c2c(N(c3ccccc3)c3ccc(-c4cccc5c4oc4c6ccccc6ccc54)cc3)cccc21. The van der Waals surface area contributed by atoms with Crippen LogP contribution in [0.1, 0.15) is 25.0 Å². The van der Waals surface area contributed by atoms with E-state index < -0.39 is 0 Å². The third-order valence-electron chi connectivity index (χ3n) is 9.67. The van der Waals surface area contributed by atoms with E-state index in [1.807, 2.05) is 0 Å². The lowest BCUT2D eigenvalue weighted by Crippen LogP contribution is -2.16. The van der Waals surface area contributed by atoms with Crippen molar-refractivity contribution in [1.82, 2.24) is 0 Å². The molecule has 0 aliphatic heterocycles. The maximum atomic E-state index is 6.66. The van der Waals surface area contributed by atoms with Gasteiger partial charge in [0.25, 0.3) is 0 Å². The van der Waals surface area contributed by atoms with E-state index in [9.17, 15) is 0 Å². The molecule has 0 amide bonds. The largest absolute Gasteiger partial charge is 0.455 e. The van der Waals surface area contributed by atoms with E-state index >= 15 is 0 Å². The van der Waals surface area contributed by atoms with E-state index in [1.54, 1.807) is 0 Å². The first-order valence-electron chi connectivity index (χ1n) is 15.6. The van der Waals surface area contributed by atoms with Crippen LogP contribution in [0, 0.1) is 0 Å². The molecule has 1 heterocycles. The summed E-state index contributed by atoms with van der Waals surface area (Å²) in [4.78, 5) is 2.40. The molecule has 9 rings (SSSR count). The van der Waals surface area contributed by atoms with Gasteiger partial charge in [0.1, 0.15) is 11.2 Å². The maximum Gasteiger partial charge on any atom is 0.143 e. The first-order chi connectivity index (χ1) is 22.1. The van der Waals surface area contributed by atoms with Crippen molar-refractivity contribution in [2.45, 2.75) is 19.3 Å². The third-order valence-corrected chi connectivity index (χ3v) is 9.67. The standard InChI is InChI=1S/C43H31NO/c1-43(2)37-19-9-8-16-36(37)40-38(43)20-11-21-39(40)44(30-13-4-3-5-14-30)31-25-22-29(23-26-31)33-17-10-18-34-35-27-24-28-12-6-7-15-32(28)42(35)45-41(33)34/h3-27H,1-2H3. The second kappa shape index (κ2) is 9.70. The molecule has 1 aromatic heterocycles. The molecule has 7 aromatic carbocycles. The van der Waals surface area contributed by atoms with Gasteiger partial charge in [0.15, 0.2) is 0 Å². The van der Waals surface area contributed by atoms with Crippen LogP contribution in [0.4, 0.5) is 17.1 Å². The lowest BCUT2D eigenvalue weighted by atomic mass is 9.82. The topological polar surface area (TPSA) is 16.4 Å². The predicted octanol–water partition coefficient (Wildman–Crippen LogP) is 12.2. The van der Waals surface area contributed by atoms with Crippen molar-refractivity contribution < 1.29 is 4.42 Å². The first-order valence-corrected chi connectivity index (χ1v) is 15.6. The number of para-hydroxylation sites is 2. The van der Waals surface area contributed by atoms with E-state index in [4.69, 9.17) is 4.42 Å². The molecular weight excluding hydrogens is 546 g/mol. The fraction of sp³-hybridized carbons (Fsp3) is 0.0698. The summed E-state index contributed by atoms with van der Waals surface area (Å²) in [7, 11) is 0. The number of nitrogens with zero attached hydrogens (tertiary/aromatic N) is 1. The van der Waals surface area contributed by atoms with Gasteiger partial charge in [-0.2, -0.15) is 0 Å². The van der Waals surface area contributed by atoms with Crippen LogP contribution >= 0.6 is 0 Å². The molecule has 0 spiro atoms. The van der Waals surface area contributed by atoms with Crippen LogP contribution in [0.5, 0.6) is 0 Å². The van der Waals surface area contributed by atoms with Crippen molar-refractivity contribution in [3.05, 3.63) is 163 Å². The average molecular weight is 578 g/mol. The summed E-state index contributed by atoms with van der Waals surface area (Å²) in [5.41, 5.74) is 12.8. The highest BCUT2D eigenvalue weighted by atomic mass is 16.3. The third kappa shape index (κ3) is 3.82. The molecule has 0 saturated heterocycles. The van der Waals surface area contributed by atoms with Gasteiger partial charge in [-0.1, -0.05) is 129 Å². The highest BCUT2D eigenvalue weighted by Gasteiger charge is 2.37. The van der Waals surface area contributed by atoms with Gasteiger partial charge in [0, 0.05) is 44.1 Å². The second-order valence-corrected chi connectivity index (χ2v) is 12.5. The molecule has 2 nitrogen and oxygen atoms in total. The van der Waals surface area contributed by atoms with Gasteiger partial charge in [0.2, 0.25) is 0 Å². The molecular formula is C43H31NO. The van der Waals surface area contributed by atoms with E-state index in [1.165, 1.54) is 33.3 Å². The molecule has 1 aliphatic carbocycles. The minimum atomic E-state index is -0.0647. The number of fused-ring (bicyclic) bond motifs is 8. The van der Waals surface area contributed by atoms with E-state index in [0.29, 0.717) is 0 Å². The van der Waals surface area contributed by atoms with E-state index in [2.05, 4.69) is 170 Å². The zero-order chi connectivity index (χ0) is 30.1. The Hall–Kier alpha value is -5.60. The molecule has 45 heavy (non-hydrogen) atoms. The van der Waals surface area contributed by atoms with Gasteiger partial charge in [-0.25, -0.2) is 0 Å². The number of hydrogen-bond donors (Lipinski definition) is 0. The Morgan fingerprint density at radius 2 is 1.11 bits per heavy atom. The molecule has 0 radical (unpaired) electrons. The molecule has 0 saturated carbocycles. The fourth-order valence-corrected chi connectivity index (χ4v) is 7.47. The predicted molar refractivity (Wildman–Crippen MR) is 189 cm³/mol. The quantitative estimate of drug-likeness (QED) is 0.207. The van der Waals surface area contributed by atoms with Gasteiger partial charge in [0.05, 0.1) is 5.69 Å². The second-order valence-electron chi connectivity index (χ2n) is 12.5. The smallest absolute Gasteiger partial charge is 0.143 e. The number of benzene rings is 7. The normalized spacial score (nSPS) is 13.3. The summed E-state index contributed by atoms with van der Waals surface area (Å²) in [6.45, 7) is 4.68. The highest BCUT2D eigenvalue weighted by molar-refractivity contribution is 6.17. The van der Waals surface area contributed by atoms with Crippen LogP contribution in [-0.4, -0.2) is 0 Å². The monoisotopic (exact) mass is 577 g/mol. The van der Waals surface area contributed by atoms with Gasteiger partial charge < -0.3 is 9.32 Å². The van der Waals surface area contributed by atoms with Crippen molar-refractivity contribution in [3.8, 4) is 22.3 Å². The Morgan fingerprint density at radius 1 is 0.467 bits per heavy atom. The number of hydrogen-bond acceptors (Lipinski definition) is 2. The summed E-state index contributed by atoms with van der Waals surface area (Å²) in [5, 5.41) is 4.63. The summed E-state index contributed by atoms with van der Waals surface area (Å²) in [6.07, 6.45) is 0. The summed E-state index contributed by atoms with van der Waals surface area (Å²) >= 11 is 0. The lowest BCUT2D eigenvalue weighted by Gasteiger charge is -2.29. The van der Waals surface area contributed by atoms with Crippen molar-refractivity contribution in [2.24, 2.45) is 0 Å². The lowest BCUT2D eigenvalue weighted by molar-refractivity contribution is 0.660. The molecule has 0 atom stereocenters. The van der Waals surface area contributed by atoms with E-state index in [0.717, 1.165) is 49.8 Å². The molecule has 214 valence electrons. The maximum absolute atomic E-state index is 6.66. The molecule has 0 bridgehead atoms. The number of rotatable bonds is 4. The van der Waals surface area contributed by atoms with Gasteiger partial charge in [-0.3, -0.25) is 0 Å². The molecule has 1 aliphatic rings. The van der Waals surface area contributed by atoms with Crippen LogP contribution in [0.3, 0.4) is 0 Å². The molecule has 0 N–H and O–H groups in total. The minimum absolute atomic E-state index is 0.0647. The van der Waals surface area contributed by atoms with Crippen LogP contribution in [0.2, 0.25) is 0 Å². The summed E-state index contributed by atoms with van der Waals surface area (Å²) in [5.74, 6) is 0. The summed E-state index contributed by atoms with van der Waals surface area (Å²) < 4.78 is 6.66. The number of furan rings is 1. The molecule has 0 fully saturated rings. The average Bonchev–Trinajstić information content (AvgIpc) is 3.59. The molecule has 2 heteroatoms. The first kappa shape index (κ1) is 25.9. The van der Waals surface area contributed by atoms with Crippen LogP contribution in [0.25, 0.3) is 55.0 Å². The van der Waals surface area contributed by atoms with Crippen LogP contribution < -0.4 is 4.90 Å². The Morgan fingerprint density at radius 3 is 1.98 bits per heavy atom. The van der Waals surface area contributed by atoms with Crippen molar-refractivity contribution in [3.63, 3.8) is 0 Å². The molecule has 0 unspecified atom stereocenters. The highest BCUT2D eigenvalue weighted by Crippen LogP contribution is 2.54. The van der Waals surface area contributed by atoms with Crippen molar-refractivity contribution >= 4 is 49.8 Å². The minimum Gasteiger partial charge on any atom is -0.455 e. The van der Waals surface area contributed by atoms with Crippen LogP contribution in [0.15, 0.2) is 156 Å². The Kier molecular flexibility index (Phi) is 5.58. The molecule has 8 aromatic rings. The van der Waals surface area contributed by atoms with Gasteiger partial charge in [-0.15, -0.1) is 0 Å². The van der Waals surface area contributed by atoms with Gasteiger partial charge in [-0.05, 0) is 64.0 Å². The fourth-order valence-electron chi connectivity index (χ4n) is 7.47. The Balaban J connectivity index is 1.20. The van der Waals surface area contributed by atoms with Crippen molar-refractivity contribution in [2.75, 3.05) is 4.90 Å². The Bertz CT molecular complexity index is 2400. The van der Waals surface area contributed by atoms with E-state index in [-0.39, 0.29) is 5.41 Å². The summed E-state index contributed by atoms with van der Waals surface area (Å²) in [6, 6.07) is 54.5. The van der Waals surface area contributed by atoms with Crippen molar-refractivity contribution in [1.29, 1.82) is 0 Å². The number of anilines is 3. The van der Waals surface area contributed by atoms with Crippen LogP contribution in [-0.2, 0) is 5.41 Å². The Labute approximate surface area is 262 Å². The zero-order valence-corrected chi connectivity index (χ0v) is 25.3. The van der Waals surface area contributed by atoms with Gasteiger partial charge >= 0.3 is 0 Å².